The molecule has 0 aromatic carbocycles. The van der Waals surface area contributed by atoms with Crippen LogP contribution in [0.5, 0.6) is 0 Å². The number of aromatic nitrogens is 1. The molecule has 0 spiro atoms. The predicted octanol–water partition coefficient (Wildman–Crippen LogP) is 6.92. The van der Waals surface area contributed by atoms with Crippen LogP contribution in [0, 0.1) is 5.41 Å². The maximum absolute atomic E-state index is 4.68. The van der Waals surface area contributed by atoms with Crippen molar-refractivity contribution in [2.75, 3.05) is 20.1 Å². The minimum atomic E-state index is 0.323. The lowest BCUT2D eigenvalue weighted by Crippen LogP contribution is -2.26. The van der Waals surface area contributed by atoms with Crippen molar-refractivity contribution in [2.24, 2.45) is 10.5 Å². The van der Waals surface area contributed by atoms with E-state index >= 15 is 0 Å². The second kappa shape index (κ2) is 14.0. The second-order valence-electron chi connectivity index (χ2n) is 9.22. The van der Waals surface area contributed by atoms with E-state index in [0.717, 1.165) is 29.8 Å². The number of rotatable bonds is 15. The first-order valence-corrected chi connectivity index (χ1v) is 11.6. The number of allylic oxidation sites excluding steroid dienone is 3. The summed E-state index contributed by atoms with van der Waals surface area (Å²) in [6, 6.07) is 4.25. The summed E-state index contributed by atoms with van der Waals surface area (Å²) in [7, 11) is 2.25. The highest BCUT2D eigenvalue weighted by atomic mass is 15.4. The van der Waals surface area contributed by atoms with Gasteiger partial charge in [-0.15, -0.1) is 0 Å². The minimum absolute atomic E-state index is 0.323. The molecule has 1 heterocycles. The third kappa shape index (κ3) is 10.6. The van der Waals surface area contributed by atoms with Crippen LogP contribution >= 0.6 is 0 Å². The van der Waals surface area contributed by atoms with Gasteiger partial charge in [-0.3, -0.25) is 4.98 Å². The summed E-state index contributed by atoms with van der Waals surface area (Å²) in [5.41, 5.74) is 4.26. The summed E-state index contributed by atoms with van der Waals surface area (Å²) in [4.78, 5) is 7.16. The molecule has 172 valence electrons. The predicted molar refractivity (Wildman–Crippen MR) is 137 cm³/mol. The first kappa shape index (κ1) is 26.8. The Morgan fingerprint density at radius 1 is 1.19 bits per heavy atom. The Kier molecular flexibility index (Phi) is 12.1. The fraction of sp³-hybridized carbons (Fsp3) is 0.556. The van der Waals surface area contributed by atoms with Gasteiger partial charge in [0.05, 0.1) is 5.69 Å². The van der Waals surface area contributed by atoms with Gasteiger partial charge in [0.15, 0.2) is 0 Å². The number of hydrogen-bond acceptors (Lipinski definition) is 4. The van der Waals surface area contributed by atoms with Gasteiger partial charge in [0.2, 0.25) is 0 Å². The van der Waals surface area contributed by atoms with Crippen molar-refractivity contribution in [3.8, 4) is 0 Å². The van der Waals surface area contributed by atoms with Gasteiger partial charge < -0.3 is 4.90 Å². The summed E-state index contributed by atoms with van der Waals surface area (Å²) in [6.45, 7) is 21.1. The maximum Gasteiger partial charge on any atom is 0.0717 e. The number of hydrogen-bond donors (Lipinski definition) is 0. The van der Waals surface area contributed by atoms with Gasteiger partial charge in [-0.25, -0.2) is 5.01 Å². The Labute approximate surface area is 191 Å². The van der Waals surface area contributed by atoms with Crippen LogP contribution in [0.4, 0.5) is 0 Å². The molecule has 0 radical (unpaired) electrons. The van der Waals surface area contributed by atoms with Crippen LogP contribution in [0.1, 0.15) is 78.0 Å². The van der Waals surface area contributed by atoms with Crippen molar-refractivity contribution >= 4 is 11.8 Å². The molecule has 0 amide bonds. The van der Waals surface area contributed by atoms with Crippen molar-refractivity contribution < 1.29 is 0 Å². The smallest absolute Gasteiger partial charge is 0.0717 e. The van der Waals surface area contributed by atoms with E-state index < -0.39 is 0 Å². The van der Waals surface area contributed by atoms with Gasteiger partial charge in [0.25, 0.3) is 0 Å². The van der Waals surface area contributed by atoms with Crippen molar-refractivity contribution in [3.63, 3.8) is 0 Å². The minimum Gasteiger partial charge on any atom is -0.306 e. The normalized spacial score (nSPS) is 12.5. The first-order valence-electron chi connectivity index (χ1n) is 11.6. The molecule has 0 saturated carbocycles. The Hall–Kier alpha value is -2.20. The maximum atomic E-state index is 4.68. The number of aryl methyl sites for hydroxylation is 1. The van der Waals surface area contributed by atoms with E-state index in [1.807, 2.05) is 32.3 Å². The lowest BCUT2D eigenvalue weighted by molar-refractivity contribution is 0.234. The molecular weight excluding hydrogens is 380 g/mol. The molecule has 0 aliphatic carbocycles. The molecule has 0 saturated heterocycles. The number of pyridine rings is 1. The highest BCUT2D eigenvalue weighted by Crippen LogP contribution is 2.27. The van der Waals surface area contributed by atoms with E-state index in [9.17, 15) is 0 Å². The van der Waals surface area contributed by atoms with Crippen LogP contribution in [-0.4, -0.2) is 41.2 Å². The largest absolute Gasteiger partial charge is 0.306 e. The van der Waals surface area contributed by atoms with Crippen LogP contribution in [0.3, 0.4) is 0 Å². The van der Waals surface area contributed by atoms with Gasteiger partial charge >= 0.3 is 0 Å². The lowest BCUT2D eigenvalue weighted by atomic mass is 9.83. The van der Waals surface area contributed by atoms with E-state index in [1.165, 1.54) is 44.3 Å². The van der Waals surface area contributed by atoms with E-state index in [0.29, 0.717) is 5.41 Å². The zero-order valence-electron chi connectivity index (χ0n) is 20.8. The summed E-state index contributed by atoms with van der Waals surface area (Å²) >= 11 is 0. The molecule has 31 heavy (non-hydrogen) atoms. The molecule has 0 aliphatic heterocycles. The topological polar surface area (TPSA) is 31.7 Å². The molecule has 0 unspecified atom stereocenters. The zero-order chi connectivity index (χ0) is 23.3. The molecule has 0 atom stereocenters. The van der Waals surface area contributed by atoms with Crippen molar-refractivity contribution in [3.05, 3.63) is 60.7 Å². The highest BCUT2D eigenvalue weighted by Gasteiger charge is 2.18. The van der Waals surface area contributed by atoms with Crippen molar-refractivity contribution in [1.82, 2.24) is 14.9 Å². The molecule has 4 nitrogen and oxygen atoms in total. The van der Waals surface area contributed by atoms with E-state index in [-0.39, 0.29) is 0 Å². The molecule has 1 rings (SSSR count). The Bertz CT molecular complexity index is 728. The SMILES string of the molecule is C=CC(=CN(N=CC)C(=C)C)c1ccc(CCC(C)(C)CCN(C)CCCCC)cn1. The van der Waals surface area contributed by atoms with Gasteiger partial charge in [0.1, 0.15) is 0 Å². The Morgan fingerprint density at radius 2 is 1.94 bits per heavy atom. The van der Waals surface area contributed by atoms with Crippen LogP contribution in [0.15, 0.2) is 54.6 Å². The van der Waals surface area contributed by atoms with Crippen LogP contribution in [-0.2, 0) is 6.42 Å². The lowest BCUT2D eigenvalue weighted by Gasteiger charge is -2.27. The van der Waals surface area contributed by atoms with Crippen LogP contribution in [0.25, 0.3) is 5.57 Å². The molecule has 0 N–H and O–H groups in total. The molecule has 0 aliphatic rings. The number of nitrogens with zero attached hydrogens (tertiary/aromatic N) is 4. The third-order valence-corrected chi connectivity index (χ3v) is 5.64. The molecular formula is C27H44N4. The average molecular weight is 425 g/mol. The molecule has 4 heteroatoms. The fourth-order valence-corrected chi connectivity index (χ4v) is 3.31. The van der Waals surface area contributed by atoms with E-state index in [2.05, 4.69) is 68.1 Å². The van der Waals surface area contributed by atoms with Crippen molar-refractivity contribution in [1.29, 1.82) is 0 Å². The summed E-state index contributed by atoms with van der Waals surface area (Å²) < 4.78 is 0. The zero-order valence-corrected chi connectivity index (χ0v) is 20.8. The average Bonchev–Trinajstić information content (AvgIpc) is 2.74. The second-order valence-corrected chi connectivity index (χ2v) is 9.22. The van der Waals surface area contributed by atoms with Gasteiger partial charge in [-0.1, -0.05) is 58.9 Å². The van der Waals surface area contributed by atoms with Gasteiger partial charge in [-0.05, 0) is 76.7 Å². The summed E-state index contributed by atoms with van der Waals surface area (Å²) in [6.07, 6.45) is 14.8. The number of hydrazone groups is 1. The van der Waals surface area contributed by atoms with Crippen LogP contribution < -0.4 is 0 Å². The summed E-state index contributed by atoms with van der Waals surface area (Å²) in [5.74, 6) is 0. The Balaban J connectivity index is 2.66. The first-order chi connectivity index (χ1) is 14.7. The Morgan fingerprint density at radius 3 is 2.48 bits per heavy atom. The standard InChI is InChI=1S/C27H44N4/c1-9-12-13-19-30(8)20-18-27(6,7)17-16-24-14-15-26(28-21-24)25(10-2)22-31(23(4)5)29-11-3/h10-11,14-15,21-22H,2,4,9,12-13,16-20H2,1,3,5-8H3. The monoisotopic (exact) mass is 424 g/mol. The van der Waals surface area contributed by atoms with Gasteiger partial charge in [-0.2, -0.15) is 5.10 Å². The molecule has 1 aromatic rings. The van der Waals surface area contributed by atoms with E-state index in [1.54, 1.807) is 11.2 Å². The van der Waals surface area contributed by atoms with Crippen LogP contribution in [0.2, 0.25) is 0 Å². The molecule has 1 aromatic heterocycles. The molecule has 0 bridgehead atoms. The van der Waals surface area contributed by atoms with Crippen molar-refractivity contribution in [2.45, 2.75) is 73.1 Å². The van der Waals surface area contributed by atoms with E-state index in [4.69, 9.17) is 0 Å². The number of unbranched alkanes of at least 4 members (excludes halogenated alkanes) is 2. The molecule has 0 fully saturated rings. The third-order valence-electron chi connectivity index (χ3n) is 5.64. The van der Waals surface area contributed by atoms with Gasteiger partial charge in [0, 0.05) is 29.9 Å². The fourth-order valence-electron chi connectivity index (χ4n) is 3.31. The highest BCUT2D eigenvalue weighted by molar-refractivity contribution is 5.71. The quantitative estimate of drug-likeness (QED) is 0.132. The summed E-state index contributed by atoms with van der Waals surface area (Å²) in [5, 5.41) is 6.06.